The summed E-state index contributed by atoms with van der Waals surface area (Å²) in [7, 11) is 0. The number of oxazole rings is 1. The Morgan fingerprint density at radius 1 is 1.40 bits per heavy atom. The summed E-state index contributed by atoms with van der Waals surface area (Å²) in [5.41, 5.74) is 1.12. The van der Waals surface area contributed by atoms with Gasteiger partial charge in [0.25, 0.3) is 11.7 Å². The van der Waals surface area contributed by atoms with Crippen LogP contribution < -0.4 is 5.32 Å². The van der Waals surface area contributed by atoms with Crippen molar-refractivity contribution in [1.29, 1.82) is 0 Å². The number of fused-ring (bicyclic) bond motifs is 1. The van der Waals surface area contributed by atoms with Crippen molar-refractivity contribution in [2.75, 3.05) is 5.32 Å². The summed E-state index contributed by atoms with van der Waals surface area (Å²) < 4.78 is 5.61. The summed E-state index contributed by atoms with van der Waals surface area (Å²) in [6, 6.07) is 5.29. The summed E-state index contributed by atoms with van der Waals surface area (Å²) in [6.07, 6.45) is 4.82. The van der Waals surface area contributed by atoms with Crippen LogP contribution in [0.4, 0.5) is 11.7 Å². The minimum Gasteiger partial charge on any atom is -0.424 e. The summed E-state index contributed by atoms with van der Waals surface area (Å²) in [4.78, 5) is 14.6. The van der Waals surface area contributed by atoms with Gasteiger partial charge in [0.05, 0.1) is 4.92 Å². The lowest BCUT2D eigenvalue weighted by atomic mass is 9.86. The first-order chi connectivity index (χ1) is 9.63. The third kappa shape index (κ3) is 2.45. The van der Waals surface area contributed by atoms with E-state index < -0.39 is 4.92 Å². The number of benzene rings is 1. The summed E-state index contributed by atoms with van der Waals surface area (Å²) >= 11 is 0. The zero-order chi connectivity index (χ0) is 14.1. The fraction of sp³-hybridized carbons (Fsp3) is 0.500. The van der Waals surface area contributed by atoms with Gasteiger partial charge < -0.3 is 9.73 Å². The molecule has 0 aliphatic heterocycles. The SMILES string of the molecule is CC1CCCCC1Nc1nc2cc([N+](=O)[O-])ccc2o1. The molecule has 1 aromatic heterocycles. The summed E-state index contributed by atoms with van der Waals surface area (Å²) in [5, 5.41) is 14.1. The van der Waals surface area contributed by atoms with Gasteiger partial charge in [-0.15, -0.1) is 0 Å². The number of hydrogen-bond acceptors (Lipinski definition) is 5. The van der Waals surface area contributed by atoms with Crippen LogP contribution in [0, 0.1) is 16.0 Å². The molecule has 1 saturated carbocycles. The van der Waals surface area contributed by atoms with Crippen LogP contribution in [0.15, 0.2) is 22.6 Å². The van der Waals surface area contributed by atoms with Crippen LogP contribution in [0.25, 0.3) is 11.1 Å². The Bertz CT molecular complexity index is 638. The molecular formula is C14H17N3O3. The number of hydrogen-bond donors (Lipinski definition) is 1. The second kappa shape index (κ2) is 5.11. The number of nitrogens with one attached hydrogen (secondary N) is 1. The largest absolute Gasteiger partial charge is 0.424 e. The van der Waals surface area contributed by atoms with Crippen molar-refractivity contribution in [2.45, 2.75) is 38.6 Å². The van der Waals surface area contributed by atoms with E-state index in [4.69, 9.17) is 4.42 Å². The highest BCUT2D eigenvalue weighted by Crippen LogP contribution is 2.28. The number of non-ortho nitro benzene ring substituents is 1. The Hall–Kier alpha value is -2.11. The maximum absolute atomic E-state index is 10.7. The minimum atomic E-state index is -0.426. The standard InChI is InChI=1S/C14H17N3O3/c1-9-4-2-3-5-11(9)15-14-16-12-8-10(17(18)19)6-7-13(12)20-14/h6-9,11H,2-5H2,1H3,(H,15,16). The average Bonchev–Trinajstić information content (AvgIpc) is 2.82. The van der Waals surface area contributed by atoms with Crippen molar-refractivity contribution >= 4 is 22.8 Å². The quantitative estimate of drug-likeness (QED) is 0.681. The molecule has 0 bridgehead atoms. The van der Waals surface area contributed by atoms with Gasteiger partial charge in [-0.05, 0) is 24.8 Å². The number of anilines is 1. The van der Waals surface area contributed by atoms with Gasteiger partial charge in [-0.3, -0.25) is 10.1 Å². The van der Waals surface area contributed by atoms with E-state index in [1.54, 1.807) is 6.07 Å². The summed E-state index contributed by atoms with van der Waals surface area (Å²) in [6.45, 7) is 2.23. The first kappa shape index (κ1) is 12.9. The third-order valence-corrected chi connectivity index (χ3v) is 4.00. The van der Waals surface area contributed by atoms with E-state index >= 15 is 0 Å². The van der Waals surface area contributed by atoms with Crippen molar-refractivity contribution in [3.63, 3.8) is 0 Å². The molecule has 0 spiro atoms. The van der Waals surface area contributed by atoms with Gasteiger partial charge in [-0.2, -0.15) is 4.98 Å². The number of nitrogens with zero attached hydrogens (tertiary/aromatic N) is 2. The smallest absolute Gasteiger partial charge is 0.295 e. The molecule has 20 heavy (non-hydrogen) atoms. The van der Waals surface area contributed by atoms with E-state index in [9.17, 15) is 10.1 Å². The Labute approximate surface area is 116 Å². The van der Waals surface area contributed by atoms with E-state index in [1.165, 1.54) is 31.4 Å². The molecule has 1 fully saturated rings. The molecule has 2 aromatic rings. The molecule has 106 valence electrons. The molecule has 1 heterocycles. The predicted octanol–water partition coefficient (Wildman–Crippen LogP) is 3.73. The topological polar surface area (TPSA) is 81.2 Å². The normalized spacial score (nSPS) is 22.9. The zero-order valence-electron chi connectivity index (χ0n) is 11.3. The van der Waals surface area contributed by atoms with Crippen LogP contribution >= 0.6 is 0 Å². The third-order valence-electron chi connectivity index (χ3n) is 4.00. The second-order valence-electron chi connectivity index (χ2n) is 5.44. The van der Waals surface area contributed by atoms with E-state index in [-0.39, 0.29) is 5.69 Å². The molecule has 1 aliphatic carbocycles. The number of rotatable bonds is 3. The minimum absolute atomic E-state index is 0.0309. The lowest BCUT2D eigenvalue weighted by molar-refractivity contribution is -0.384. The molecule has 2 unspecified atom stereocenters. The van der Waals surface area contributed by atoms with E-state index in [2.05, 4.69) is 17.2 Å². The average molecular weight is 275 g/mol. The van der Waals surface area contributed by atoms with Gasteiger partial charge in [-0.25, -0.2) is 0 Å². The Balaban J connectivity index is 1.83. The van der Waals surface area contributed by atoms with Gasteiger partial charge in [0.1, 0.15) is 5.52 Å². The number of nitro groups is 1. The molecule has 6 nitrogen and oxygen atoms in total. The van der Waals surface area contributed by atoms with Gasteiger partial charge in [-0.1, -0.05) is 19.8 Å². The van der Waals surface area contributed by atoms with E-state index in [0.717, 1.165) is 6.42 Å². The van der Waals surface area contributed by atoms with Gasteiger partial charge in [0.2, 0.25) is 0 Å². The molecule has 3 rings (SSSR count). The van der Waals surface area contributed by atoms with E-state index in [0.29, 0.717) is 29.1 Å². The van der Waals surface area contributed by atoms with Crippen LogP contribution in [0.1, 0.15) is 32.6 Å². The van der Waals surface area contributed by atoms with Crippen molar-refractivity contribution in [2.24, 2.45) is 5.92 Å². The first-order valence-corrected chi connectivity index (χ1v) is 6.95. The molecular weight excluding hydrogens is 258 g/mol. The second-order valence-corrected chi connectivity index (χ2v) is 5.44. The molecule has 1 aliphatic rings. The summed E-state index contributed by atoms with van der Waals surface area (Å²) in [5.74, 6) is 0.591. The Kier molecular flexibility index (Phi) is 3.30. The van der Waals surface area contributed by atoms with Gasteiger partial charge >= 0.3 is 0 Å². The highest BCUT2D eigenvalue weighted by atomic mass is 16.6. The first-order valence-electron chi connectivity index (χ1n) is 6.95. The van der Waals surface area contributed by atoms with Crippen LogP contribution in [-0.2, 0) is 0 Å². The molecule has 6 heteroatoms. The Morgan fingerprint density at radius 2 is 2.20 bits per heavy atom. The fourth-order valence-electron chi connectivity index (χ4n) is 2.78. The molecule has 0 saturated heterocycles. The van der Waals surface area contributed by atoms with Crippen molar-refractivity contribution in [1.82, 2.24) is 4.98 Å². The lowest BCUT2D eigenvalue weighted by Gasteiger charge is -2.28. The van der Waals surface area contributed by atoms with Crippen molar-refractivity contribution in [3.05, 3.63) is 28.3 Å². The molecule has 0 amide bonds. The monoisotopic (exact) mass is 275 g/mol. The fourth-order valence-corrected chi connectivity index (χ4v) is 2.78. The highest BCUT2D eigenvalue weighted by Gasteiger charge is 2.22. The molecule has 0 radical (unpaired) electrons. The number of aromatic nitrogens is 1. The van der Waals surface area contributed by atoms with E-state index in [1.807, 2.05) is 0 Å². The van der Waals surface area contributed by atoms with Crippen LogP contribution in [0.5, 0.6) is 0 Å². The lowest BCUT2D eigenvalue weighted by Crippen LogP contribution is -2.30. The maximum Gasteiger partial charge on any atom is 0.295 e. The predicted molar refractivity (Wildman–Crippen MR) is 75.7 cm³/mol. The molecule has 2 atom stereocenters. The maximum atomic E-state index is 10.7. The molecule has 1 N–H and O–H groups in total. The number of nitro benzene ring substituents is 1. The molecule has 1 aromatic carbocycles. The van der Waals surface area contributed by atoms with Crippen molar-refractivity contribution in [3.8, 4) is 0 Å². The highest BCUT2D eigenvalue weighted by molar-refractivity contribution is 5.77. The zero-order valence-corrected chi connectivity index (χ0v) is 11.3. The van der Waals surface area contributed by atoms with Gasteiger partial charge in [0, 0.05) is 18.2 Å². The van der Waals surface area contributed by atoms with Crippen LogP contribution in [0.3, 0.4) is 0 Å². The van der Waals surface area contributed by atoms with Gasteiger partial charge in [0.15, 0.2) is 5.58 Å². The Morgan fingerprint density at radius 3 is 2.95 bits per heavy atom. The van der Waals surface area contributed by atoms with Crippen LogP contribution in [-0.4, -0.2) is 15.9 Å². The van der Waals surface area contributed by atoms with Crippen LogP contribution in [0.2, 0.25) is 0 Å². The van der Waals surface area contributed by atoms with Crippen molar-refractivity contribution < 1.29 is 9.34 Å².